The third kappa shape index (κ3) is 12.5. The minimum atomic E-state index is -4.51. The standard InChI is InChI=1S/C26H31F3N8O3.4ClH/c27-26(28,29)19-7-5-17(6-8-19)13-22(24(39)34-20-14-18-3-1-2-4-21(18)33-15-20)35-25(40)37(32)16-23(38)36(11-9-30)12-10-31;;;;/h1-8,14-15,22H,9-13,16,30-32H2,(H,34,39)(H,35,40);4*1H/t22-;;;;/m0..../s1. The lowest BCUT2D eigenvalue weighted by atomic mass is 10.0. The molecule has 0 aliphatic rings. The van der Waals surface area contributed by atoms with E-state index < -0.39 is 29.7 Å². The second kappa shape index (κ2) is 20.0. The molecule has 0 fully saturated rings. The molecule has 2 aromatic carbocycles. The van der Waals surface area contributed by atoms with Gasteiger partial charge in [-0.2, -0.15) is 18.2 Å². The van der Waals surface area contributed by atoms with Gasteiger partial charge in [0, 0.05) is 17.9 Å². The topological polar surface area (TPSA) is 179 Å². The van der Waals surface area contributed by atoms with Gasteiger partial charge in [0.1, 0.15) is 11.7 Å². The van der Waals surface area contributed by atoms with Gasteiger partial charge in [0.25, 0.3) is 0 Å². The maximum atomic E-state index is 13.3. The number of rotatable bonds is 11. The van der Waals surface area contributed by atoms with Crippen LogP contribution in [0.1, 0.15) is 11.1 Å². The maximum Gasteiger partial charge on any atom is 0.416 e. The fourth-order valence-corrected chi connectivity index (χ4v) is 4.01. The van der Waals surface area contributed by atoms with E-state index in [0.717, 1.165) is 28.0 Å². The fraction of sp³-hybridized carbons (Fsp3) is 0.308. The number of carbonyl (C=O) groups excluding carboxylic acids is 3. The number of nitrogens with zero attached hydrogens (tertiary/aromatic N) is 2. The summed E-state index contributed by atoms with van der Waals surface area (Å²) < 4.78 is 39.0. The summed E-state index contributed by atoms with van der Waals surface area (Å²) in [5.74, 6) is 2.68. The van der Waals surface area contributed by atoms with Gasteiger partial charge in [0.15, 0.2) is 12.7 Å². The first-order valence-electron chi connectivity index (χ1n) is 12.6. The summed E-state index contributed by atoms with van der Waals surface area (Å²) in [6.07, 6.45) is -3.03. The van der Waals surface area contributed by atoms with Crippen molar-refractivity contribution in [1.29, 1.82) is 0 Å². The van der Waals surface area contributed by atoms with Gasteiger partial charge in [-0.25, -0.2) is 9.78 Å². The number of aromatic nitrogens is 1. The van der Waals surface area contributed by atoms with Gasteiger partial charge < -0.3 is 76.6 Å². The Kier molecular flexibility index (Phi) is 19.6. The van der Waals surface area contributed by atoms with Crippen molar-refractivity contribution in [3.8, 4) is 0 Å². The van der Waals surface area contributed by atoms with E-state index in [0.29, 0.717) is 37.4 Å². The van der Waals surface area contributed by atoms with Crippen LogP contribution in [-0.2, 0) is 22.2 Å². The molecule has 0 saturated carbocycles. The predicted octanol–water partition coefficient (Wildman–Crippen LogP) is -13.3. The van der Waals surface area contributed by atoms with E-state index in [4.69, 9.17) is 0 Å². The highest BCUT2D eigenvalue weighted by molar-refractivity contribution is 5.98. The molecule has 0 bridgehead atoms. The summed E-state index contributed by atoms with van der Waals surface area (Å²) in [5.41, 5.74) is 8.32. The van der Waals surface area contributed by atoms with E-state index in [2.05, 4.69) is 32.9 Å². The number of fused-ring (bicyclic) bond motifs is 1. The van der Waals surface area contributed by atoms with Crippen LogP contribution in [0.2, 0.25) is 0 Å². The lowest BCUT2D eigenvalue weighted by Crippen LogP contribution is -3.00. The van der Waals surface area contributed by atoms with Crippen LogP contribution >= 0.6 is 0 Å². The van der Waals surface area contributed by atoms with Crippen LogP contribution in [0.5, 0.6) is 0 Å². The van der Waals surface area contributed by atoms with Crippen molar-refractivity contribution in [3.63, 3.8) is 0 Å². The lowest BCUT2D eigenvalue weighted by molar-refractivity contribution is -0.544. The number of alkyl halides is 3. The molecule has 3 aromatic rings. The third-order valence-corrected chi connectivity index (χ3v) is 6.08. The Labute approximate surface area is 277 Å². The average Bonchev–Trinajstić information content (AvgIpc) is 2.92. The number of amides is 4. The Morgan fingerprint density at radius 3 is 2.07 bits per heavy atom. The van der Waals surface area contributed by atoms with Crippen molar-refractivity contribution in [3.05, 3.63) is 71.9 Å². The molecule has 18 heteroatoms. The summed E-state index contributed by atoms with van der Waals surface area (Å²) in [5, 5.41) is 7.03. The Bertz CT molecular complexity index is 1330. The van der Waals surface area contributed by atoms with Gasteiger partial charge in [-0.3, -0.25) is 15.4 Å². The molecule has 0 aliphatic carbocycles. The Balaban J connectivity index is 0. The van der Waals surface area contributed by atoms with Gasteiger partial charge >= 0.3 is 12.2 Å². The van der Waals surface area contributed by atoms with Crippen LogP contribution in [0.3, 0.4) is 0 Å². The van der Waals surface area contributed by atoms with Crippen molar-refractivity contribution in [2.45, 2.75) is 18.6 Å². The maximum absolute atomic E-state index is 13.3. The highest BCUT2D eigenvalue weighted by Gasteiger charge is 2.31. The minimum absolute atomic E-state index is 0. The van der Waals surface area contributed by atoms with Gasteiger partial charge in [-0.05, 0) is 29.8 Å². The van der Waals surface area contributed by atoms with Crippen LogP contribution in [0.15, 0.2) is 60.8 Å². The highest BCUT2D eigenvalue weighted by Crippen LogP contribution is 2.29. The first kappa shape index (κ1) is 43.0. The molecule has 11 nitrogen and oxygen atoms in total. The summed E-state index contributed by atoms with van der Waals surface area (Å²) in [6, 6.07) is 11.5. The Hall–Kier alpha value is -3.11. The SMILES string of the molecule is [Cl-].[Cl-].[Cl-].[Cl-].[NH3+]CCN(CC[NH3+])C(=O)CN([NH3+])C(=O)N[C@@H](Cc1ccc(C(F)(F)F)cc1)C(=O)Nc1c[nH+]c2ccccc2c1. The number of quaternary nitrogens is 3. The number of pyridine rings is 1. The number of aromatic amines is 1. The van der Waals surface area contributed by atoms with Gasteiger partial charge in [-0.15, -0.1) is 0 Å². The predicted molar refractivity (Wildman–Crippen MR) is 138 cm³/mol. The van der Waals surface area contributed by atoms with E-state index in [-0.39, 0.29) is 68.5 Å². The molecule has 0 aliphatic heterocycles. The average molecular weight is 706 g/mol. The van der Waals surface area contributed by atoms with Gasteiger partial charge in [0.2, 0.25) is 17.3 Å². The zero-order valence-electron chi connectivity index (χ0n) is 23.5. The number of para-hydroxylation sites is 1. The molecule has 12 N–H and O–H groups in total. The van der Waals surface area contributed by atoms with Crippen LogP contribution in [-0.4, -0.2) is 66.5 Å². The first-order chi connectivity index (χ1) is 19.0. The number of carbonyl (C=O) groups is 3. The second-order valence-electron chi connectivity index (χ2n) is 9.15. The summed E-state index contributed by atoms with van der Waals surface area (Å²) in [6.45, 7) is 1.41. The number of urea groups is 1. The van der Waals surface area contributed by atoms with E-state index >= 15 is 0 Å². The molecule has 1 atom stereocenters. The molecular formula is C26H35Cl4F3N8O3. The van der Waals surface area contributed by atoms with E-state index in [1.165, 1.54) is 17.0 Å². The molecule has 4 amide bonds. The quantitative estimate of drug-likeness (QED) is 0.125. The number of halogens is 7. The number of hydrogen-bond acceptors (Lipinski definition) is 3. The van der Waals surface area contributed by atoms with Crippen LogP contribution < -0.4 is 82.6 Å². The van der Waals surface area contributed by atoms with Gasteiger partial charge in [0.05, 0.1) is 31.7 Å². The fourth-order valence-electron chi connectivity index (χ4n) is 4.01. The molecule has 0 radical (unpaired) electrons. The molecule has 0 unspecified atom stereocenters. The Morgan fingerprint density at radius 1 is 0.909 bits per heavy atom. The zero-order chi connectivity index (χ0) is 29.3. The summed E-state index contributed by atoms with van der Waals surface area (Å²) in [4.78, 5) is 43.5. The smallest absolute Gasteiger partial charge is 0.416 e. The number of hydrogen-bond donors (Lipinski definition) is 5. The number of anilines is 1. The number of H-pyrrole nitrogens is 1. The molecule has 0 saturated heterocycles. The highest BCUT2D eigenvalue weighted by atomic mass is 35.5. The third-order valence-electron chi connectivity index (χ3n) is 6.08. The molecule has 44 heavy (non-hydrogen) atoms. The molecule has 1 aromatic heterocycles. The van der Waals surface area contributed by atoms with Crippen molar-refractivity contribution in [1.82, 2.24) is 15.2 Å². The largest absolute Gasteiger partial charge is 1.00 e. The van der Waals surface area contributed by atoms with E-state index in [9.17, 15) is 27.6 Å². The number of benzene rings is 2. The molecule has 0 spiro atoms. The monoisotopic (exact) mass is 704 g/mol. The first-order valence-corrected chi connectivity index (χ1v) is 12.6. The summed E-state index contributed by atoms with van der Waals surface area (Å²) in [7, 11) is 0. The second-order valence-corrected chi connectivity index (χ2v) is 9.15. The molecule has 1 heterocycles. The van der Waals surface area contributed by atoms with Gasteiger partial charge in [-0.1, -0.05) is 24.3 Å². The molecule has 3 rings (SSSR count). The van der Waals surface area contributed by atoms with Crippen LogP contribution in [0.4, 0.5) is 23.7 Å². The summed E-state index contributed by atoms with van der Waals surface area (Å²) >= 11 is 0. The van der Waals surface area contributed by atoms with Crippen molar-refractivity contribution >= 4 is 34.4 Å². The molecular weight excluding hydrogens is 671 g/mol. The zero-order valence-corrected chi connectivity index (χ0v) is 26.5. The number of nitrogens with one attached hydrogen (secondary N) is 3. The van der Waals surface area contributed by atoms with E-state index in [1.807, 2.05) is 24.3 Å². The van der Waals surface area contributed by atoms with Crippen molar-refractivity contribution in [2.75, 3.05) is 38.0 Å². The Morgan fingerprint density at radius 2 is 1.50 bits per heavy atom. The normalized spacial score (nSPS) is 11.0. The van der Waals surface area contributed by atoms with Crippen molar-refractivity contribution < 1.29 is 99.5 Å². The minimum Gasteiger partial charge on any atom is -1.00 e. The van der Waals surface area contributed by atoms with Crippen molar-refractivity contribution in [2.24, 2.45) is 0 Å². The van der Waals surface area contributed by atoms with E-state index in [1.54, 1.807) is 12.3 Å². The lowest BCUT2D eigenvalue weighted by Gasteiger charge is -2.23. The molecule has 246 valence electrons. The van der Waals surface area contributed by atoms with Crippen LogP contribution in [0, 0.1) is 0 Å². The van der Waals surface area contributed by atoms with Crippen LogP contribution in [0.25, 0.3) is 10.9 Å².